The van der Waals surface area contributed by atoms with E-state index in [9.17, 15) is 4.79 Å². The third kappa shape index (κ3) is 2.10. The number of nitriles is 1. The van der Waals surface area contributed by atoms with Crippen LogP contribution in [0.3, 0.4) is 0 Å². The summed E-state index contributed by atoms with van der Waals surface area (Å²) in [6.07, 6.45) is 1.13. The van der Waals surface area contributed by atoms with Gasteiger partial charge in [-0.2, -0.15) is 5.26 Å². The molecule has 1 aliphatic rings. The van der Waals surface area contributed by atoms with Crippen molar-refractivity contribution in [3.63, 3.8) is 0 Å². The van der Waals surface area contributed by atoms with Crippen LogP contribution >= 0.6 is 0 Å². The number of allylic oxidation sites excluding steroid dienone is 1. The molecule has 5 heteroatoms. The van der Waals surface area contributed by atoms with E-state index in [2.05, 4.69) is 4.99 Å². The Labute approximate surface area is 81.9 Å². The molecule has 0 unspecified atom stereocenters. The zero-order valence-electron chi connectivity index (χ0n) is 7.91. The SMILES string of the molecule is CCOC(=O)/C(C#N)=C1\CCC(N)=N1. The highest BCUT2D eigenvalue weighted by molar-refractivity contribution is 5.95. The van der Waals surface area contributed by atoms with E-state index in [4.69, 9.17) is 15.7 Å². The Kier molecular flexibility index (Phi) is 3.24. The zero-order chi connectivity index (χ0) is 10.6. The summed E-state index contributed by atoms with van der Waals surface area (Å²) < 4.78 is 4.71. The lowest BCUT2D eigenvalue weighted by Crippen LogP contribution is -2.08. The molecular formula is C9H11N3O2. The van der Waals surface area contributed by atoms with Crippen LogP contribution in [0, 0.1) is 11.3 Å². The van der Waals surface area contributed by atoms with Gasteiger partial charge in [0.25, 0.3) is 0 Å². The standard InChI is InChI=1S/C9H11N3O2/c1-2-14-9(13)6(5-10)7-3-4-8(11)12-7/h2-4H2,1H3,(H2,11,12)/b7-6+. The summed E-state index contributed by atoms with van der Waals surface area (Å²) in [7, 11) is 0. The summed E-state index contributed by atoms with van der Waals surface area (Å²) in [6.45, 7) is 1.93. The third-order valence-electron chi connectivity index (χ3n) is 1.78. The topological polar surface area (TPSA) is 88.5 Å². The van der Waals surface area contributed by atoms with Gasteiger partial charge in [0.1, 0.15) is 6.07 Å². The summed E-state index contributed by atoms with van der Waals surface area (Å²) >= 11 is 0. The molecule has 0 bridgehead atoms. The molecule has 0 radical (unpaired) electrons. The Morgan fingerprint density at radius 2 is 2.43 bits per heavy atom. The molecule has 5 nitrogen and oxygen atoms in total. The fraction of sp³-hybridized carbons (Fsp3) is 0.444. The van der Waals surface area contributed by atoms with E-state index >= 15 is 0 Å². The van der Waals surface area contributed by atoms with E-state index < -0.39 is 5.97 Å². The minimum atomic E-state index is -0.622. The van der Waals surface area contributed by atoms with Crippen LogP contribution in [-0.2, 0) is 9.53 Å². The smallest absolute Gasteiger partial charge is 0.350 e. The number of nitrogens with two attached hydrogens (primary N) is 1. The molecule has 0 aromatic rings. The van der Waals surface area contributed by atoms with Crippen molar-refractivity contribution in [3.8, 4) is 6.07 Å². The van der Waals surface area contributed by atoms with E-state index in [0.29, 0.717) is 24.4 Å². The van der Waals surface area contributed by atoms with Gasteiger partial charge in [0.05, 0.1) is 18.1 Å². The average Bonchev–Trinajstić information content (AvgIpc) is 2.54. The van der Waals surface area contributed by atoms with Gasteiger partial charge in [0.2, 0.25) is 0 Å². The zero-order valence-corrected chi connectivity index (χ0v) is 7.91. The van der Waals surface area contributed by atoms with E-state index in [0.717, 1.165) is 0 Å². The lowest BCUT2D eigenvalue weighted by atomic mass is 10.2. The average molecular weight is 193 g/mol. The third-order valence-corrected chi connectivity index (χ3v) is 1.78. The van der Waals surface area contributed by atoms with Gasteiger partial charge < -0.3 is 10.5 Å². The highest BCUT2D eigenvalue weighted by Crippen LogP contribution is 2.19. The van der Waals surface area contributed by atoms with Crippen LogP contribution in [0.4, 0.5) is 0 Å². The van der Waals surface area contributed by atoms with E-state index in [-0.39, 0.29) is 12.2 Å². The summed E-state index contributed by atoms with van der Waals surface area (Å²) in [5.41, 5.74) is 5.84. The first kappa shape index (κ1) is 10.3. The predicted molar refractivity (Wildman–Crippen MR) is 50.1 cm³/mol. The molecule has 0 aliphatic carbocycles. The van der Waals surface area contributed by atoms with Crippen LogP contribution in [0.25, 0.3) is 0 Å². The maximum absolute atomic E-state index is 11.3. The molecule has 74 valence electrons. The number of aliphatic imine (C=N–C) groups is 1. The number of carbonyl (C=O) groups is 1. The number of hydrogen-bond donors (Lipinski definition) is 1. The van der Waals surface area contributed by atoms with Crippen molar-refractivity contribution in [2.75, 3.05) is 6.61 Å². The molecule has 1 aliphatic heterocycles. The van der Waals surface area contributed by atoms with Gasteiger partial charge in [-0.3, -0.25) is 0 Å². The number of esters is 1. The summed E-state index contributed by atoms with van der Waals surface area (Å²) in [5, 5.41) is 8.75. The van der Waals surface area contributed by atoms with Gasteiger partial charge >= 0.3 is 5.97 Å². The minimum absolute atomic E-state index is 0.0349. The second kappa shape index (κ2) is 4.42. The highest BCUT2D eigenvalue weighted by atomic mass is 16.5. The number of rotatable bonds is 2. The van der Waals surface area contributed by atoms with Crippen molar-refractivity contribution in [2.45, 2.75) is 19.8 Å². The van der Waals surface area contributed by atoms with Gasteiger partial charge in [-0.1, -0.05) is 0 Å². The Morgan fingerprint density at radius 3 is 2.86 bits per heavy atom. The Balaban J connectivity index is 2.92. The second-order valence-corrected chi connectivity index (χ2v) is 2.76. The summed E-state index contributed by atoms with van der Waals surface area (Å²) in [5.74, 6) is -0.166. The normalized spacial score (nSPS) is 18.4. The molecule has 2 N–H and O–H groups in total. The Morgan fingerprint density at radius 1 is 1.71 bits per heavy atom. The molecule has 0 amide bonds. The van der Waals surface area contributed by atoms with Crippen molar-refractivity contribution in [2.24, 2.45) is 10.7 Å². The number of amidine groups is 1. The first-order valence-corrected chi connectivity index (χ1v) is 4.32. The fourth-order valence-electron chi connectivity index (χ4n) is 1.14. The molecule has 1 heterocycles. The number of hydrogen-bond acceptors (Lipinski definition) is 5. The van der Waals surface area contributed by atoms with E-state index in [1.807, 2.05) is 0 Å². The van der Waals surface area contributed by atoms with Gasteiger partial charge in [0.15, 0.2) is 5.57 Å². The molecule has 0 spiro atoms. The van der Waals surface area contributed by atoms with Crippen LogP contribution in [0.15, 0.2) is 16.3 Å². The molecule has 0 saturated carbocycles. The number of carbonyl (C=O) groups excluding carboxylic acids is 1. The molecule has 14 heavy (non-hydrogen) atoms. The maximum atomic E-state index is 11.3. The lowest BCUT2D eigenvalue weighted by molar-refractivity contribution is -0.138. The Hall–Kier alpha value is -1.83. The first-order valence-electron chi connectivity index (χ1n) is 4.32. The molecular weight excluding hydrogens is 182 g/mol. The molecule has 0 aromatic heterocycles. The monoisotopic (exact) mass is 193 g/mol. The second-order valence-electron chi connectivity index (χ2n) is 2.76. The quantitative estimate of drug-likeness (QED) is 0.392. The number of ether oxygens (including phenoxy) is 1. The molecule has 0 saturated heterocycles. The maximum Gasteiger partial charge on any atom is 0.350 e. The van der Waals surface area contributed by atoms with Crippen molar-refractivity contribution in [3.05, 3.63) is 11.3 Å². The van der Waals surface area contributed by atoms with Crippen LogP contribution in [0.2, 0.25) is 0 Å². The summed E-state index contributed by atoms with van der Waals surface area (Å²) in [4.78, 5) is 15.2. The molecule has 1 rings (SSSR count). The fourth-order valence-corrected chi connectivity index (χ4v) is 1.14. The summed E-state index contributed by atoms with van der Waals surface area (Å²) in [6, 6.07) is 1.79. The first-order chi connectivity index (χ1) is 6.69. The van der Waals surface area contributed by atoms with Crippen LogP contribution < -0.4 is 5.73 Å². The van der Waals surface area contributed by atoms with Crippen LogP contribution in [-0.4, -0.2) is 18.4 Å². The van der Waals surface area contributed by atoms with Gasteiger partial charge in [0, 0.05) is 6.42 Å². The predicted octanol–water partition coefficient (Wildman–Crippen LogP) is 0.478. The van der Waals surface area contributed by atoms with Crippen molar-refractivity contribution >= 4 is 11.8 Å². The van der Waals surface area contributed by atoms with Crippen molar-refractivity contribution in [1.82, 2.24) is 0 Å². The highest BCUT2D eigenvalue weighted by Gasteiger charge is 2.19. The minimum Gasteiger partial charge on any atom is -0.462 e. The van der Waals surface area contributed by atoms with E-state index in [1.165, 1.54) is 0 Å². The number of nitrogens with zero attached hydrogens (tertiary/aromatic N) is 2. The van der Waals surface area contributed by atoms with Crippen LogP contribution in [0.5, 0.6) is 0 Å². The molecule has 0 aromatic carbocycles. The largest absolute Gasteiger partial charge is 0.462 e. The molecule has 0 fully saturated rings. The Bertz CT molecular complexity index is 350. The van der Waals surface area contributed by atoms with Gasteiger partial charge in [-0.15, -0.1) is 0 Å². The van der Waals surface area contributed by atoms with Crippen LogP contribution in [0.1, 0.15) is 19.8 Å². The lowest BCUT2D eigenvalue weighted by Gasteiger charge is -2.00. The van der Waals surface area contributed by atoms with E-state index in [1.54, 1.807) is 13.0 Å². The van der Waals surface area contributed by atoms with Gasteiger partial charge in [-0.25, -0.2) is 9.79 Å². The van der Waals surface area contributed by atoms with Crippen molar-refractivity contribution in [1.29, 1.82) is 5.26 Å². The van der Waals surface area contributed by atoms with Gasteiger partial charge in [-0.05, 0) is 13.3 Å². The molecule has 0 atom stereocenters. The van der Waals surface area contributed by atoms with Crippen molar-refractivity contribution < 1.29 is 9.53 Å².